The fourth-order valence-electron chi connectivity index (χ4n) is 5.20. The molecule has 5 rings (SSSR count). The van der Waals surface area contributed by atoms with Crippen LogP contribution in [0.15, 0.2) is 36.4 Å². The normalized spacial score (nSPS) is 21.1. The number of carbonyl (C=O) groups excluding carboxylic acids is 1. The zero-order chi connectivity index (χ0) is 23.8. The van der Waals surface area contributed by atoms with Gasteiger partial charge in [-0.25, -0.2) is 13.2 Å². The second kappa shape index (κ2) is 9.43. The van der Waals surface area contributed by atoms with Gasteiger partial charge < -0.3 is 20.1 Å². The third-order valence-electron chi connectivity index (χ3n) is 7.21. The Kier molecular flexibility index (Phi) is 6.36. The number of carbonyl (C=O) groups is 1. The van der Waals surface area contributed by atoms with Gasteiger partial charge in [-0.15, -0.1) is 0 Å². The van der Waals surface area contributed by atoms with Crippen LogP contribution in [0, 0.1) is 23.4 Å². The van der Waals surface area contributed by atoms with Gasteiger partial charge in [-0.3, -0.25) is 4.79 Å². The summed E-state index contributed by atoms with van der Waals surface area (Å²) in [5.41, 5.74) is 2.60. The minimum atomic E-state index is -0.635. The quantitative estimate of drug-likeness (QED) is 0.570. The Balaban J connectivity index is 1.26. The molecule has 0 atom stereocenters. The largest absolute Gasteiger partial charge is 0.352 e. The molecule has 5 nitrogen and oxygen atoms in total. The molecule has 0 spiro atoms. The molecule has 8 heteroatoms. The summed E-state index contributed by atoms with van der Waals surface area (Å²) in [5, 5.41) is 3.84. The predicted octanol–water partition coefficient (Wildman–Crippen LogP) is 4.11. The van der Waals surface area contributed by atoms with Gasteiger partial charge in [0.05, 0.1) is 17.8 Å². The molecule has 1 aromatic heterocycles. The number of aromatic nitrogens is 1. The number of fused-ring (bicyclic) bond motifs is 1. The summed E-state index contributed by atoms with van der Waals surface area (Å²) < 4.78 is 42.1. The highest BCUT2D eigenvalue weighted by atomic mass is 19.1. The number of piperazine rings is 1. The van der Waals surface area contributed by atoms with Crippen molar-refractivity contribution in [3.8, 4) is 11.3 Å². The summed E-state index contributed by atoms with van der Waals surface area (Å²) in [7, 11) is 2.06. The fourth-order valence-corrected chi connectivity index (χ4v) is 5.20. The maximum absolute atomic E-state index is 14.5. The van der Waals surface area contributed by atoms with Crippen molar-refractivity contribution in [2.45, 2.75) is 18.8 Å². The van der Waals surface area contributed by atoms with Gasteiger partial charge in [-0.05, 0) is 79.7 Å². The maximum atomic E-state index is 14.5. The van der Waals surface area contributed by atoms with E-state index in [9.17, 15) is 18.0 Å². The molecule has 1 aliphatic carbocycles. The van der Waals surface area contributed by atoms with Crippen LogP contribution in [0.3, 0.4) is 0 Å². The van der Waals surface area contributed by atoms with E-state index in [1.54, 1.807) is 12.1 Å². The molecule has 2 N–H and O–H groups in total. The number of nitrogens with zero attached hydrogens (tertiary/aromatic N) is 2. The van der Waals surface area contributed by atoms with Crippen LogP contribution < -0.4 is 5.32 Å². The van der Waals surface area contributed by atoms with E-state index in [1.165, 1.54) is 18.2 Å². The number of hydrogen-bond acceptors (Lipinski definition) is 3. The molecule has 2 aromatic carbocycles. The molecule has 0 radical (unpaired) electrons. The highest BCUT2D eigenvalue weighted by Crippen LogP contribution is 2.48. The van der Waals surface area contributed by atoms with E-state index in [-0.39, 0.29) is 23.2 Å². The summed E-state index contributed by atoms with van der Waals surface area (Å²) in [6, 6.07) is 8.29. The van der Waals surface area contributed by atoms with Crippen LogP contribution in [0.1, 0.15) is 24.3 Å². The molecule has 180 valence electrons. The van der Waals surface area contributed by atoms with Gasteiger partial charge in [0.15, 0.2) is 0 Å². The first-order valence-electron chi connectivity index (χ1n) is 11.8. The van der Waals surface area contributed by atoms with Crippen molar-refractivity contribution in [1.82, 2.24) is 20.1 Å². The number of hydrogen-bond donors (Lipinski definition) is 2. The van der Waals surface area contributed by atoms with Crippen molar-refractivity contribution in [1.29, 1.82) is 0 Å². The molecule has 2 heterocycles. The van der Waals surface area contributed by atoms with Gasteiger partial charge in [0.25, 0.3) is 0 Å². The average Bonchev–Trinajstić information content (AvgIpc) is 3.15. The second-order valence-corrected chi connectivity index (χ2v) is 9.58. The number of benzene rings is 2. The highest BCUT2D eigenvalue weighted by Gasteiger charge is 2.34. The monoisotopic (exact) mass is 470 g/mol. The predicted molar refractivity (Wildman–Crippen MR) is 126 cm³/mol. The summed E-state index contributed by atoms with van der Waals surface area (Å²) >= 11 is 0. The number of halogens is 3. The van der Waals surface area contributed by atoms with Gasteiger partial charge in [0, 0.05) is 37.6 Å². The molecule has 1 amide bonds. The van der Waals surface area contributed by atoms with Crippen molar-refractivity contribution >= 4 is 16.8 Å². The molecule has 0 bridgehead atoms. The first-order valence-corrected chi connectivity index (χ1v) is 11.8. The topological polar surface area (TPSA) is 51.4 Å². The third-order valence-corrected chi connectivity index (χ3v) is 7.21. The Labute approximate surface area is 196 Å². The first kappa shape index (κ1) is 22.9. The second-order valence-electron chi connectivity index (χ2n) is 9.58. The lowest BCUT2D eigenvalue weighted by Gasteiger charge is -2.37. The van der Waals surface area contributed by atoms with Gasteiger partial charge in [0.1, 0.15) is 17.5 Å². The van der Waals surface area contributed by atoms with Crippen LogP contribution >= 0.6 is 0 Å². The lowest BCUT2D eigenvalue weighted by Crippen LogP contribution is -2.50. The third kappa shape index (κ3) is 4.57. The summed E-state index contributed by atoms with van der Waals surface area (Å²) in [5.74, 6) is -0.949. The molecule has 0 unspecified atom stereocenters. The molecule has 2 fully saturated rings. The number of rotatable bonds is 6. The number of aromatic amines is 1. The molecular weight excluding hydrogens is 441 g/mol. The van der Waals surface area contributed by atoms with Crippen LogP contribution in [0.2, 0.25) is 0 Å². The smallest absolute Gasteiger partial charge is 0.236 e. The van der Waals surface area contributed by atoms with E-state index in [0.29, 0.717) is 23.5 Å². The molecule has 34 heavy (non-hydrogen) atoms. The lowest BCUT2D eigenvalue weighted by atomic mass is 9.70. The minimum absolute atomic E-state index is 0.130. The van der Waals surface area contributed by atoms with E-state index < -0.39 is 11.6 Å². The fraction of sp³-hybridized carbons (Fsp3) is 0.423. The first-order chi connectivity index (χ1) is 16.4. The number of amides is 1. The van der Waals surface area contributed by atoms with Crippen LogP contribution in [0.5, 0.6) is 0 Å². The zero-order valence-corrected chi connectivity index (χ0v) is 19.2. The molecule has 1 saturated heterocycles. The van der Waals surface area contributed by atoms with E-state index >= 15 is 0 Å². The average molecular weight is 471 g/mol. The molecule has 3 aromatic rings. The zero-order valence-electron chi connectivity index (χ0n) is 19.2. The van der Waals surface area contributed by atoms with E-state index in [2.05, 4.69) is 22.2 Å². The van der Waals surface area contributed by atoms with Gasteiger partial charge in [-0.1, -0.05) is 0 Å². The molecular formula is C26H29F3N4O. The Morgan fingerprint density at radius 2 is 1.74 bits per heavy atom. The minimum Gasteiger partial charge on any atom is -0.352 e. The molecule has 2 aliphatic rings. The van der Waals surface area contributed by atoms with Crippen molar-refractivity contribution in [3.05, 3.63) is 59.4 Å². The van der Waals surface area contributed by atoms with Crippen LogP contribution in [-0.4, -0.2) is 67.0 Å². The molecule has 1 saturated carbocycles. The number of likely N-dealkylation sites (N-methyl/N-ethyl adjacent to an activating group) is 1. The van der Waals surface area contributed by atoms with Crippen LogP contribution in [-0.2, 0) is 4.79 Å². The number of nitrogens with one attached hydrogen (secondary N) is 2. The standard InChI is InChI=1S/C26H29F3N4O/c1-32-6-8-33(9-7-32)23(34)15-30-14-16-10-18(11-16)24-21-12-20(28)13-22(29)26(21)31-25(24)17-2-4-19(27)5-3-17/h2-5,12-13,16,18,30-31H,6-11,14-15H2,1H3. The Bertz CT molecular complexity index is 1180. The summed E-state index contributed by atoms with van der Waals surface area (Å²) in [6.45, 7) is 4.39. The van der Waals surface area contributed by atoms with E-state index in [1.807, 2.05) is 4.90 Å². The van der Waals surface area contributed by atoms with Gasteiger partial charge in [-0.2, -0.15) is 0 Å². The number of H-pyrrole nitrogens is 1. The van der Waals surface area contributed by atoms with E-state index in [0.717, 1.165) is 62.8 Å². The van der Waals surface area contributed by atoms with Crippen molar-refractivity contribution < 1.29 is 18.0 Å². The Morgan fingerprint density at radius 3 is 2.44 bits per heavy atom. The van der Waals surface area contributed by atoms with Gasteiger partial charge >= 0.3 is 0 Å². The lowest BCUT2D eigenvalue weighted by molar-refractivity contribution is -0.131. The van der Waals surface area contributed by atoms with E-state index in [4.69, 9.17) is 0 Å². The van der Waals surface area contributed by atoms with Crippen LogP contribution in [0.25, 0.3) is 22.2 Å². The summed E-state index contributed by atoms with van der Waals surface area (Å²) in [4.78, 5) is 19.7. The van der Waals surface area contributed by atoms with Crippen molar-refractivity contribution in [3.63, 3.8) is 0 Å². The van der Waals surface area contributed by atoms with Crippen molar-refractivity contribution in [2.75, 3.05) is 46.3 Å². The maximum Gasteiger partial charge on any atom is 0.236 e. The molecule has 1 aliphatic heterocycles. The van der Waals surface area contributed by atoms with Gasteiger partial charge in [0.2, 0.25) is 5.91 Å². The van der Waals surface area contributed by atoms with Crippen molar-refractivity contribution in [2.24, 2.45) is 5.92 Å². The highest BCUT2D eigenvalue weighted by molar-refractivity contribution is 5.92. The van der Waals surface area contributed by atoms with Crippen LogP contribution in [0.4, 0.5) is 13.2 Å². The SMILES string of the molecule is CN1CCN(C(=O)CNCC2CC(c3c(-c4ccc(F)cc4)[nH]c4c(F)cc(F)cc34)C2)CC1. The summed E-state index contributed by atoms with van der Waals surface area (Å²) in [6.07, 6.45) is 1.71. The Morgan fingerprint density at radius 1 is 1.03 bits per heavy atom. The Hall–Kier alpha value is -2.84.